The number of nitrogens with zero attached hydrogens (tertiary/aromatic N) is 2. The van der Waals surface area contributed by atoms with E-state index in [1.165, 1.54) is 21.1 Å². The molecule has 0 amide bonds. The average molecular weight is 341 g/mol. The first-order valence-electron chi connectivity index (χ1n) is 8.57. The average Bonchev–Trinajstić information content (AvgIpc) is 2.79. The molecule has 1 aromatic carbocycles. The van der Waals surface area contributed by atoms with E-state index in [0.29, 0.717) is 6.54 Å². The number of hydrogen-bond acceptors (Lipinski definition) is 5. The van der Waals surface area contributed by atoms with Gasteiger partial charge in [0.25, 0.3) is 0 Å². The summed E-state index contributed by atoms with van der Waals surface area (Å²) in [6, 6.07) is 8.70. The molecule has 4 nitrogen and oxygen atoms in total. The van der Waals surface area contributed by atoms with Gasteiger partial charge in [-0.05, 0) is 18.9 Å². The molecule has 0 radical (unpaired) electrons. The maximum Gasteiger partial charge on any atom is 0.126 e. The largest absolute Gasteiger partial charge is 0.395 e. The van der Waals surface area contributed by atoms with Crippen molar-refractivity contribution >= 4 is 11.8 Å². The zero-order valence-corrected chi connectivity index (χ0v) is 14.5. The quantitative estimate of drug-likeness (QED) is 0.884. The molecular weight excluding hydrogens is 318 g/mol. The molecule has 0 fully saturated rings. The van der Waals surface area contributed by atoms with E-state index < -0.39 is 0 Å². The fraction of sp³-hybridized carbons (Fsp3) is 0.368. The third-order valence-electron chi connectivity index (χ3n) is 4.71. The lowest BCUT2D eigenvalue weighted by Gasteiger charge is -2.38. The number of allylic oxidation sites excluding steroid dienone is 3. The Morgan fingerprint density at radius 2 is 2.12 bits per heavy atom. The van der Waals surface area contributed by atoms with Crippen molar-refractivity contribution in [1.82, 2.24) is 15.1 Å². The zero-order chi connectivity index (χ0) is 16.4. The molecule has 1 aliphatic carbocycles. The lowest BCUT2D eigenvalue weighted by Crippen LogP contribution is -2.42. The Balaban J connectivity index is 1.65. The minimum atomic E-state index is 0.167. The summed E-state index contributed by atoms with van der Waals surface area (Å²) in [5, 5.41) is 12.9. The Hall–Kier alpha value is -1.85. The molecule has 0 aromatic heterocycles. The summed E-state index contributed by atoms with van der Waals surface area (Å²) < 4.78 is 0. The van der Waals surface area contributed by atoms with E-state index in [2.05, 4.69) is 63.9 Å². The Morgan fingerprint density at radius 1 is 1.21 bits per heavy atom. The third kappa shape index (κ3) is 3.06. The van der Waals surface area contributed by atoms with Crippen LogP contribution in [0.2, 0.25) is 0 Å². The molecule has 0 saturated heterocycles. The van der Waals surface area contributed by atoms with Gasteiger partial charge in [0.1, 0.15) is 6.17 Å². The second-order valence-corrected chi connectivity index (χ2v) is 7.35. The van der Waals surface area contributed by atoms with Crippen LogP contribution < -0.4 is 5.32 Å². The topological polar surface area (TPSA) is 38.7 Å². The minimum Gasteiger partial charge on any atom is -0.395 e. The van der Waals surface area contributed by atoms with Gasteiger partial charge in [-0.25, -0.2) is 0 Å². The Labute approximate surface area is 147 Å². The van der Waals surface area contributed by atoms with Gasteiger partial charge in [-0.1, -0.05) is 42.1 Å². The normalized spacial score (nSPS) is 22.8. The highest BCUT2D eigenvalue weighted by Crippen LogP contribution is 2.41. The third-order valence-corrected chi connectivity index (χ3v) is 5.90. The number of fused-ring (bicyclic) bond motifs is 1. The molecular formula is C19H23N3OS. The van der Waals surface area contributed by atoms with Crippen LogP contribution in [-0.4, -0.2) is 41.1 Å². The Kier molecular flexibility index (Phi) is 4.54. The van der Waals surface area contributed by atoms with Crippen molar-refractivity contribution in [3.63, 3.8) is 0 Å². The number of thioether (sulfide) groups is 1. The van der Waals surface area contributed by atoms with Crippen molar-refractivity contribution < 1.29 is 5.11 Å². The van der Waals surface area contributed by atoms with E-state index >= 15 is 0 Å². The van der Waals surface area contributed by atoms with Gasteiger partial charge in [0.05, 0.1) is 6.61 Å². The van der Waals surface area contributed by atoms with Gasteiger partial charge < -0.3 is 20.2 Å². The molecule has 5 heteroatoms. The van der Waals surface area contributed by atoms with Crippen LogP contribution in [0.4, 0.5) is 0 Å². The van der Waals surface area contributed by atoms with Crippen molar-refractivity contribution in [1.29, 1.82) is 0 Å². The molecule has 1 atom stereocenters. The Morgan fingerprint density at radius 3 is 2.96 bits per heavy atom. The van der Waals surface area contributed by atoms with Crippen LogP contribution >= 0.6 is 11.8 Å². The molecule has 2 N–H and O–H groups in total. The smallest absolute Gasteiger partial charge is 0.126 e. The maximum atomic E-state index is 9.11. The van der Waals surface area contributed by atoms with Crippen LogP contribution in [0.25, 0.3) is 0 Å². The van der Waals surface area contributed by atoms with E-state index in [0.717, 1.165) is 25.9 Å². The zero-order valence-electron chi connectivity index (χ0n) is 13.7. The molecule has 126 valence electrons. The first-order valence-corrected chi connectivity index (χ1v) is 9.39. The predicted molar refractivity (Wildman–Crippen MR) is 98.1 cm³/mol. The second-order valence-electron chi connectivity index (χ2n) is 6.27. The van der Waals surface area contributed by atoms with Crippen molar-refractivity contribution in [3.05, 3.63) is 65.0 Å². The van der Waals surface area contributed by atoms with Crippen LogP contribution in [0.3, 0.4) is 0 Å². The highest BCUT2D eigenvalue weighted by Gasteiger charge is 2.27. The number of aliphatic hydroxyl groups excluding tert-OH is 1. The van der Waals surface area contributed by atoms with Gasteiger partial charge >= 0.3 is 0 Å². The number of nitrogens with one attached hydrogen (secondary N) is 1. The van der Waals surface area contributed by atoms with E-state index in [1.54, 1.807) is 0 Å². The van der Waals surface area contributed by atoms with Gasteiger partial charge in [-0.2, -0.15) is 0 Å². The van der Waals surface area contributed by atoms with Crippen molar-refractivity contribution in [2.45, 2.75) is 23.9 Å². The van der Waals surface area contributed by atoms with E-state index in [9.17, 15) is 0 Å². The first kappa shape index (κ1) is 15.7. The van der Waals surface area contributed by atoms with Gasteiger partial charge in [0, 0.05) is 53.1 Å². The Bertz CT molecular complexity index is 698. The summed E-state index contributed by atoms with van der Waals surface area (Å²) in [5.41, 5.74) is 2.69. The summed E-state index contributed by atoms with van der Waals surface area (Å²) in [6.45, 7) is 2.80. The summed E-state index contributed by atoms with van der Waals surface area (Å²) >= 11 is 1.87. The monoisotopic (exact) mass is 341 g/mol. The molecule has 3 aliphatic rings. The van der Waals surface area contributed by atoms with Crippen molar-refractivity contribution in [3.8, 4) is 0 Å². The van der Waals surface area contributed by atoms with E-state index in [-0.39, 0.29) is 12.8 Å². The van der Waals surface area contributed by atoms with Crippen LogP contribution in [-0.2, 0) is 0 Å². The summed E-state index contributed by atoms with van der Waals surface area (Å²) in [4.78, 5) is 7.22. The van der Waals surface area contributed by atoms with Crippen LogP contribution in [0.1, 0.15) is 24.6 Å². The maximum absolute atomic E-state index is 9.11. The second kappa shape index (κ2) is 6.95. The number of aliphatic hydroxyl groups is 1. The molecule has 24 heavy (non-hydrogen) atoms. The van der Waals surface area contributed by atoms with Gasteiger partial charge in [-0.3, -0.25) is 0 Å². The summed E-state index contributed by atoms with van der Waals surface area (Å²) in [7, 11) is 0. The molecule has 2 heterocycles. The number of hydrogen-bond donors (Lipinski definition) is 2. The minimum absolute atomic E-state index is 0.167. The standard InChI is InChI=1S/C19H23N3OS/c23-14-13-21-9-11-22(12-10-21)19-15-5-1-3-7-17(15)24-18-8-4-2-6-16(18)20-19/h1,3-5,7-9,11,19-20,23H,2,6,10,12-14H2. The lowest BCUT2D eigenvalue weighted by atomic mass is 10.1. The molecule has 1 aromatic rings. The lowest BCUT2D eigenvalue weighted by molar-refractivity contribution is 0.172. The molecule has 4 rings (SSSR count). The first-order chi connectivity index (χ1) is 11.8. The SMILES string of the molecule is OCCN1C=CN(C2NC3=C(C=CCC3)Sc3ccccc32)CC1. The van der Waals surface area contributed by atoms with E-state index in [4.69, 9.17) is 5.11 Å². The molecule has 0 saturated carbocycles. The van der Waals surface area contributed by atoms with Crippen molar-refractivity contribution in [2.75, 3.05) is 26.2 Å². The molecule has 0 bridgehead atoms. The fourth-order valence-corrected chi connectivity index (χ4v) is 4.54. The van der Waals surface area contributed by atoms with Gasteiger partial charge in [0.2, 0.25) is 0 Å². The van der Waals surface area contributed by atoms with Crippen molar-refractivity contribution in [2.24, 2.45) is 0 Å². The highest BCUT2D eigenvalue weighted by atomic mass is 32.2. The van der Waals surface area contributed by atoms with E-state index in [1.807, 2.05) is 11.8 Å². The fourth-order valence-electron chi connectivity index (χ4n) is 3.41. The van der Waals surface area contributed by atoms with Gasteiger partial charge in [0.15, 0.2) is 0 Å². The molecule has 1 unspecified atom stereocenters. The molecule has 2 aliphatic heterocycles. The van der Waals surface area contributed by atoms with Crippen LogP contribution in [0.5, 0.6) is 0 Å². The van der Waals surface area contributed by atoms with Crippen LogP contribution in [0, 0.1) is 0 Å². The predicted octanol–water partition coefficient (Wildman–Crippen LogP) is 3.02. The summed E-state index contributed by atoms with van der Waals surface area (Å²) in [5.74, 6) is 0. The molecule has 0 spiro atoms. The number of β-amino-alcohol motifs (C(OH)–C–C–N with tert-alkyl or cyclic N) is 1. The van der Waals surface area contributed by atoms with Gasteiger partial charge in [-0.15, -0.1) is 0 Å². The number of rotatable bonds is 3. The number of benzene rings is 1. The highest BCUT2D eigenvalue weighted by molar-refractivity contribution is 8.03. The van der Waals surface area contributed by atoms with Crippen LogP contribution in [0.15, 0.2) is 64.3 Å². The summed E-state index contributed by atoms with van der Waals surface area (Å²) in [6.07, 6.45) is 11.1.